The summed E-state index contributed by atoms with van der Waals surface area (Å²) in [4.78, 5) is 14.0. The Labute approximate surface area is 127 Å². The standard InChI is InChI=1S/C13H21BrN4O2/c1-8-10(18-9(2)11(14)15-16-18)6-7-17(8)12(19)20-13(3,4)5/h8,10H,6-7H2,1-5H3/t8-,10+/m0/s1. The number of likely N-dealkylation sites (tertiary alicyclic amines) is 1. The van der Waals surface area contributed by atoms with E-state index in [0.717, 1.165) is 16.7 Å². The Hall–Kier alpha value is -1.11. The largest absolute Gasteiger partial charge is 0.444 e. The first-order chi connectivity index (χ1) is 9.20. The Balaban J connectivity index is 2.12. The van der Waals surface area contributed by atoms with Crippen LogP contribution in [0.2, 0.25) is 0 Å². The molecule has 2 heterocycles. The van der Waals surface area contributed by atoms with Crippen molar-refractivity contribution in [3.8, 4) is 0 Å². The molecule has 20 heavy (non-hydrogen) atoms. The van der Waals surface area contributed by atoms with Crippen molar-refractivity contribution in [1.29, 1.82) is 0 Å². The molecule has 0 spiro atoms. The Morgan fingerprint density at radius 2 is 2.10 bits per heavy atom. The van der Waals surface area contributed by atoms with Gasteiger partial charge in [-0.2, -0.15) is 0 Å². The van der Waals surface area contributed by atoms with Crippen LogP contribution in [0.1, 0.15) is 45.9 Å². The molecule has 1 aliphatic rings. The summed E-state index contributed by atoms with van der Waals surface area (Å²) in [5, 5.41) is 8.18. The number of nitrogens with zero attached hydrogens (tertiary/aromatic N) is 4. The van der Waals surface area contributed by atoms with Crippen LogP contribution in [0, 0.1) is 6.92 Å². The topological polar surface area (TPSA) is 60.2 Å². The number of halogens is 1. The maximum atomic E-state index is 12.2. The molecule has 1 amide bonds. The lowest BCUT2D eigenvalue weighted by atomic mass is 10.1. The van der Waals surface area contributed by atoms with E-state index >= 15 is 0 Å². The van der Waals surface area contributed by atoms with Crippen LogP contribution in [-0.4, -0.2) is 44.2 Å². The minimum atomic E-state index is -0.471. The third-order valence-electron chi connectivity index (χ3n) is 3.53. The molecule has 6 nitrogen and oxygen atoms in total. The van der Waals surface area contributed by atoms with Gasteiger partial charge in [-0.15, -0.1) is 5.10 Å². The second kappa shape index (κ2) is 5.35. The van der Waals surface area contributed by atoms with E-state index in [1.54, 1.807) is 4.90 Å². The number of ether oxygens (including phenoxy) is 1. The van der Waals surface area contributed by atoms with E-state index in [4.69, 9.17) is 4.74 Å². The molecular formula is C13H21BrN4O2. The Morgan fingerprint density at radius 1 is 1.45 bits per heavy atom. The van der Waals surface area contributed by atoms with Crippen molar-refractivity contribution in [2.45, 2.75) is 58.7 Å². The molecule has 1 fully saturated rings. The van der Waals surface area contributed by atoms with Gasteiger partial charge in [-0.25, -0.2) is 9.48 Å². The zero-order valence-corrected chi connectivity index (χ0v) is 14.1. The van der Waals surface area contributed by atoms with Gasteiger partial charge < -0.3 is 9.64 Å². The number of rotatable bonds is 1. The fourth-order valence-electron chi connectivity index (χ4n) is 2.47. The summed E-state index contributed by atoms with van der Waals surface area (Å²) in [6, 6.07) is 0.179. The Bertz CT molecular complexity index is 509. The minimum absolute atomic E-state index is 0.0390. The van der Waals surface area contributed by atoms with Crippen LogP contribution in [0.15, 0.2) is 4.60 Å². The predicted octanol–water partition coefficient (Wildman–Crippen LogP) is 2.92. The van der Waals surface area contributed by atoms with Crippen LogP contribution < -0.4 is 0 Å². The average Bonchev–Trinajstić information content (AvgIpc) is 2.82. The highest BCUT2D eigenvalue weighted by molar-refractivity contribution is 9.10. The van der Waals surface area contributed by atoms with Crippen molar-refractivity contribution in [3.63, 3.8) is 0 Å². The van der Waals surface area contributed by atoms with E-state index in [1.165, 1.54) is 0 Å². The van der Waals surface area contributed by atoms with Gasteiger partial charge in [0.05, 0.1) is 17.8 Å². The van der Waals surface area contributed by atoms with E-state index in [1.807, 2.05) is 39.3 Å². The maximum Gasteiger partial charge on any atom is 0.410 e. The van der Waals surface area contributed by atoms with Gasteiger partial charge in [-0.1, -0.05) is 5.21 Å². The highest BCUT2D eigenvalue weighted by Crippen LogP contribution is 2.31. The maximum absolute atomic E-state index is 12.2. The second-order valence-corrected chi connectivity index (χ2v) is 6.93. The molecule has 0 radical (unpaired) electrons. The molecule has 1 saturated heterocycles. The molecule has 7 heteroatoms. The SMILES string of the molecule is Cc1c(Br)nnn1[C@@H]1CCN(C(=O)OC(C)(C)C)[C@H]1C. The van der Waals surface area contributed by atoms with Gasteiger partial charge in [0.1, 0.15) is 5.60 Å². The van der Waals surface area contributed by atoms with Gasteiger partial charge in [-0.05, 0) is 57.0 Å². The number of carbonyl (C=O) groups excluding carboxylic acids is 1. The molecule has 0 aromatic carbocycles. The molecule has 2 atom stereocenters. The average molecular weight is 345 g/mol. The van der Waals surface area contributed by atoms with Gasteiger partial charge in [0, 0.05) is 6.54 Å². The van der Waals surface area contributed by atoms with E-state index in [-0.39, 0.29) is 18.2 Å². The lowest BCUT2D eigenvalue weighted by molar-refractivity contribution is 0.0222. The van der Waals surface area contributed by atoms with E-state index in [9.17, 15) is 4.79 Å². The number of carbonyl (C=O) groups is 1. The second-order valence-electron chi connectivity index (χ2n) is 6.18. The van der Waals surface area contributed by atoms with Crippen molar-refractivity contribution >= 4 is 22.0 Å². The third kappa shape index (κ3) is 2.97. The molecule has 0 unspecified atom stereocenters. The quantitative estimate of drug-likeness (QED) is 0.785. The zero-order chi connectivity index (χ0) is 15.1. The van der Waals surface area contributed by atoms with Crippen LogP contribution in [0.25, 0.3) is 0 Å². The summed E-state index contributed by atoms with van der Waals surface area (Å²) in [7, 11) is 0. The summed E-state index contributed by atoms with van der Waals surface area (Å²) in [5.74, 6) is 0. The van der Waals surface area contributed by atoms with Crippen LogP contribution in [0.4, 0.5) is 4.79 Å². The monoisotopic (exact) mass is 344 g/mol. The van der Waals surface area contributed by atoms with Gasteiger partial charge in [0.25, 0.3) is 0 Å². The zero-order valence-electron chi connectivity index (χ0n) is 12.6. The van der Waals surface area contributed by atoms with Crippen molar-refractivity contribution in [2.24, 2.45) is 0 Å². The summed E-state index contributed by atoms with van der Waals surface area (Å²) >= 11 is 3.37. The smallest absolute Gasteiger partial charge is 0.410 e. The Morgan fingerprint density at radius 3 is 2.60 bits per heavy atom. The molecule has 112 valence electrons. The minimum Gasteiger partial charge on any atom is -0.444 e. The first kappa shape index (κ1) is 15.3. The molecule has 1 aromatic heterocycles. The van der Waals surface area contributed by atoms with Crippen LogP contribution >= 0.6 is 15.9 Å². The van der Waals surface area contributed by atoms with Crippen molar-refractivity contribution in [1.82, 2.24) is 19.9 Å². The lowest BCUT2D eigenvalue weighted by Crippen LogP contribution is -2.40. The third-order valence-corrected chi connectivity index (χ3v) is 4.26. The van der Waals surface area contributed by atoms with Gasteiger partial charge >= 0.3 is 6.09 Å². The van der Waals surface area contributed by atoms with Gasteiger partial charge in [0.15, 0.2) is 4.60 Å². The first-order valence-electron chi connectivity index (χ1n) is 6.77. The summed E-state index contributed by atoms with van der Waals surface area (Å²) in [6.07, 6.45) is 0.598. The van der Waals surface area contributed by atoms with Crippen LogP contribution in [0.3, 0.4) is 0 Å². The summed E-state index contributed by atoms with van der Waals surface area (Å²) < 4.78 is 8.08. The van der Waals surface area contributed by atoms with Gasteiger partial charge in [-0.3, -0.25) is 0 Å². The number of hydrogen-bond donors (Lipinski definition) is 0. The number of aromatic nitrogens is 3. The summed E-state index contributed by atoms with van der Waals surface area (Å²) in [6.45, 7) is 10.3. The molecule has 2 rings (SSSR count). The van der Waals surface area contributed by atoms with Crippen molar-refractivity contribution in [3.05, 3.63) is 10.3 Å². The van der Waals surface area contributed by atoms with Gasteiger partial charge in [0.2, 0.25) is 0 Å². The fraction of sp³-hybridized carbons (Fsp3) is 0.769. The number of amides is 1. The first-order valence-corrected chi connectivity index (χ1v) is 7.57. The number of hydrogen-bond acceptors (Lipinski definition) is 4. The van der Waals surface area contributed by atoms with Crippen molar-refractivity contribution in [2.75, 3.05) is 6.54 Å². The molecule has 0 aliphatic carbocycles. The van der Waals surface area contributed by atoms with E-state index in [2.05, 4.69) is 26.2 Å². The molecule has 0 bridgehead atoms. The lowest BCUT2D eigenvalue weighted by Gasteiger charge is -2.28. The van der Waals surface area contributed by atoms with E-state index in [0.29, 0.717) is 6.54 Å². The fourth-order valence-corrected chi connectivity index (χ4v) is 2.72. The molecule has 0 saturated carbocycles. The molecule has 0 N–H and O–H groups in total. The predicted molar refractivity (Wildman–Crippen MR) is 78.5 cm³/mol. The molecule has 1 aromatic rings. The van der Waals surface area contributed by atoms with Crippen LogP contribution in [-0.2, 0) is 4.74 Å². The molecule has 1 aliphatic heterocycles. The Kier molecular flexibility index (Phi) is 4.09. The summed E-state index contributed by atoms with van der Waals surface area (Å²) in [5.41, 5.74) is 0.508. The normalized spacial score (nSPS) is 23.2. The highest BCUT2D eigenvalue weighted by atomic mass is 79.9. The van der Waals surface area contributed by atoms with Crippen molar-refractivity contribution < 1.29 is 9.53 Å². The van der Waals surface area contributed by atoms with Crippen LogP contribution in [0.5, 0.6) is 0 Å². The van der Waals surface area contributed by atoms with E-state index < -0.39 is 5.60 Å². The molecular weight excluding hydrogens is 324 g/mol. The highest BCUT2D eigenvalue weighted by Gasteiger charge is 2.38.